The van der Waals surface area contributed by atoms with Gasteiger partial charge in [-0.25, -0.2) is 13.8 Å². The lowest BCUT2D eigenvalue weighted by molar-refractivity contribution is -0.143. The fraction of sp³-hybridized carbons (Fsp3) is 0.389. The first-order valence-corrected chi connectivity index (χ1v) is 8.22. The standard InChI is InChI=1S/C18H18F5N3/c1-11-10-26(9-8-24-11)16(12-2-4-13(19)5-3-12)15-7-6-14(20)17(25-15)18(21,22)23/h2-7,11,16,24H,8-10H2,1H3. The van der Waals surface area contributed by atoms with Gasteiger partial charge >= 0.3 is 6.18 Å². The average Bonchev–Trinajstić information content (AvgIpc) is 2.57. The van der Waals surface area contributed by atoms with Crippen LogP contribution in [-0.2, 0) is 6.18 Å². The Labute approximate surface area is 147 Å². The van der Waals surface area contributed by atoms with Gasteiger partial charge in [0.2, 0.25) is 0 Å². The van der Waals surface area contributed by atoms with Gasteiger partial charge < -0.3 is 5.32 Å². The van der Waals surface area contributed by atoms with Gasteiger partial charge in [0.25, 0.3) is 0 Å². The summed E-state index contributed by atoms with van der Waals surface area (Å²) in [5, 5.41) is 3.26. The molecule has 1 N–H and O–H groups in total. The van der Waals surface area contributed by atoms with Crippen molar-refractivity contribution >= 4 is 0 Å². The first kappa shape index (κ1) is 18.7. The summed E-state index contributed by atoms with van der Waals surface area (Å²) in [5.74, 6) is -1.85. The third-order valence-corrected chi connectivity index (χ3v) is 4.37. The van der Waals surface area contributed by atoms with Crippen LogP contribution < -0.4 is 5.32 Å². The van der Waals surface area contributed by atoms with Gasteiger partial charge in [-0.15, -0.1) is 0 Å². The van der Waals surface area contributed by atoms with Crippen LogP contribution in [-0.4, -0.2) is 35.6 Å². The molecule has 1 fully saturated rings. The maximum Gasteiger partial charge on any atom is 0.436 e. The highest BCUT2D eigenvalue weighted by Crippen LogP contribution is 2.34. The molecule has 0 spiro atoms. The third-order valence-electron chi connectivity index (χ3n) is 4.37. The molecule has 1 aromatic heterocycles. The molecule has 0 saturated carbocycles. The largest absolute Gasteiger partial charge is 0.436 e. The average molecular weight is 371 g/mol. The van der Waals surface area contributed by atoms with Crippen molar-refractivity contribution in [2.75, 3.05) is 19.6 Å². The Morgan fingerprint density at radius 1 is 1.12 bits per heavy atom. The number of pyridine rings is 1. The Balaban J connectivity index is 2.07. The van der Waals surface area contributed by atoms with Crippen molar-refractivity contribution < 1.29 is 22.0 Å². The molecule has 2 heterocycles. The molecule has 0 amide bonds. The number of nitrogens with zero attached hydrogens (tertiary/aromatic N) is 2. The minimum atomic E-state index is -4.88. The number of alkyl halides is 3. The van der Waals surface area contributed by atoms with Crippen molar-refractivity contribution in [2.45, 2.75) is 25.2 Å². The van der Waals surface area contributed by atoms with Crippen molar-refractivity contribution in [1.82, 2.24) is 15.2 Å². The number of halogens is 5. The van der Waals surface area contributed by atoms with Crippen LogP contribution in [0.15, 0.2) is 36.4 Å². The number of hydrogen-bond donors (Lipinski definition) is 1. The van der Waals surface area contributed by atoms with Crippen LogP contribution in [0.3, 0.4) is 0 Å². The first-order valence-electron chi connectivity index (χ1n) is 8.22. The summed E-state index contributed by atoms with van der Waals surface area (Å²) in [6.07, 6.45) is -4.88. The molecule has 1 aliphatic rings. The molecule has 2 atom stereocenters. The second kappa shape index (κ2) is 7.28. The van der Waals surface area contributed by atoms with Crippen molar-refractivity contribution in [3.05, 3.63) is 65.0 Å². The zero-order chi connectivity index (χ0) is 18.9. The molecule has 3 rings (SSSR count). The first-order chi connectivity index (χ1) is 12.3. The van der Waals surface area contributed by atoms with E-state index in [1.165, 1.54) is 30.3 Å². The van der Waals surface area contributed by atoms with Crippen molar-refractivity contribution in [3.8, 4) is 0 Å². The maximum atomic E-state index is 13.6. The lowest BCUT2D eigenvalue weighted by atomic mass is 9.99. The summed E-state index contributed by atoms with van der Waals surface area (Å²) >= 11 is 0. The molecular formula is C18H18F5N3. The number of hydrogen-bond acceptors (Lipinski definition) is 3. The monoisotopic (exact) mass is 371 g/mol. The minimum absolute atomic E-state index is 0.0828. The highest BCUT2D eigenvalue weighted by Gasteiger charge is 2.37. The summed E-state index contributed by atoms with van der Waals surface area (Å²) in [5.41, 5.74) is -0.850. The molecule has 0 bridgehead atoms. The number of nitrogens with one attached hydrogen (secondary N) is 1. The number of benzene rings is 1. The van der Waals surface area contributed by atoms with E-state index >= 15 is 0 Å². The van der Waals surface area contributed by atoms with Gasteiger partial charge in [0.05, 0.1) is 11.7 Å². The van der Waals surface area contributed by atoms with Crippen LogP contribution in [0.25, 0.3) is 0 Å². The number of piperazine rings is 1. The molecular weight excluding hydrogens is 353 g/mol. The van der Waals surface area contributed by atoms with Crippen molar-refractivity contribution in [1.29, 1.82) is 0 Å². The van der Waals surface area contributed by atoms with Gasteiger partial charge in [0, 0.05) is 25.7 Å². The summed E-state index contributed by atoms with van der Waals surface area (Å²) in [6, 6.07) is 7.09. The van der Waals surface area contributed by atoms with Crippen LogP contribution in [0.5, 0.6) is 0 Å². The Morgan fingerprint density at radius 2 is 1.81 bits per heavy atom. The lowest BCUT2D eigenvalue weighted by Crippen LogP contribution is -2.50. The van der Waals surface area contributed by atoms with E-state index < -0.39 is 29.5 Å². The molecule has 0 aliphatic carbocycles. The summed E-state index contributed by atoms with van der Waals surface area (Å²) in [6.45, 7) is 3.77. The summed E-state index contributed by atoms with van der Waals surface area (Å²) < 4.78 is 66.2. The molecule has 8 heteroatoms. The second-order valence-corrected chi connectivity index (χ2v) is 6.37. The summed E-state index contributed by atoms with van der Waals surface area (Å²) in [4.78, 5) is 5.55. The quantitative estimate of drug-likeness (QED) is 0.833. The Kier molecular flexibility index (Phi) is 5.24. The van der Waals surface area contributed by atoms with E-state index in [4.69, 9.17) is 0 Å². The Morgan fingerprint density at radius 3 is 2.42 bits per heavy atom. The summed E-state index contributed by atoms with van der Waals surface area (Å²) in [7, 11) is 0. The van der Waals surface area contributed by atoms with Gasteiger partial charge in [0.1, 0.15) is 5.82 Å². The lowest BCUT2D eigenvalue weighted by Gasteiger charge is -2.38. The van der Waals surface area contributed by atoms with Gasteiger partial charge in [-0.3, -0.25) is 4.90 Å². The van der Waals surface area contributed by atoms with E-state index in [1.54, 1.807) is 0 Å². The van der Waals surface area contributed by atoms with Crippen molar-refractivity contribution in [2.24, 2.45) is 0 Å². The van der Waals surface area contributed by atoms with E-state index in [1.807, 2.05) is 11.8 Å². The van der Waals surface area contributed by atoms with Gasteiger partial charge in [-0.05, 0) is 36.8 Å². The number of aromatic nitrogens is 1. The molecule has 2 unspecified atom stereocenters. The van der Waals surface area contributed by atoms with Gasteiger partial charge in [-0.1, -0.05) is 12.1 Å². The molecule has 26 heavy (non-hydrogen) atoms. The third kappa shape index (κ3) is 4.02. The van der Waals surface area contributed by atoms with Crippen molar-refractivity contribution in [3.63, 3.8) is 0 Å². The second-order valence-electron chi connectivity index (χ2n) is 6.37. The Bertz CT molecular complexity index is 760. The molecule has 1 aliphatic heterocycles. The molecule has 140 valence electrons. The fourth-order valence-corrected chi connectivity index (χ4v) is 3.22. The highest BCUT2D eigenvalue weighted by atomic mass is 19.4. The van der Waals surface area contributed by atoms with E-state index in [0.29, 0.717) is 25.2 Å². The molecule has 1 aromatic carbocycles. The van der Waals surface area contributed by atoms with E-state index in [-0.39, 0.29) is 11.7 Å². The highest BCUT2D eigenvalue weighted by molar-refractivity contribution is 5.30. The van der Waals surface area contributed by atoms with Crippen LogP contribution >= 0.6 is 0 Å². The van der Waals surface area contributed by atoms with E-state index in [9.17, 15) is 22.0 Å². The smallest absolute Gasteiger partial charge is 0.312 e. The molecule has 0 radical (unpaired) electrons. The zero-order valence-electron chi connectivity index (χ0n) is 14.0. The number of rotatable bonds is 3. The van der Waals surface area contributed by atoms with Gasteiger partial charge in [0.15, 0.2) is 11.5 Å². The maximum absolute atomic E-state index is 13.6. The van der Waals surface area contributed by atoms with E-state index in [0.717, 1.165) is 6.07 Å². The topological polar surface area (TPSA) is 28.2 Å². The van der Waals surface area contributed by atoms with Gasteiger partial charge in [-0.2, -0.15) is 13.2 Å². The van der Waals surface area contributed by atoms with E-state index in [2.05, 4.69) is 10.3 Å². The van der Waals surface area contributed by atoms with Crippen LogP contribution in [0.1, 0.15) is 29.9 Å². The SMILES string of the molecule is CC1CN(C(c2ccc(F)cc2)c2ccc(F)c(C(F)(F)F)n2)CCN1. The fourth-order valence-electron chi connectivity index (χ4n) is 3.22. The van der Waals surface area contributed by atoms with Crippen LogP contribution in [0.4, 0.5) is 22.0 Å². The predicted molar refractivity (Wildman–Crippen MR) is 86.5 cm³/mol. The van der Waals surface area contributed by atoms with Crippen LogP contribution in [0.2, 0.25) is 0 Å². The molecule has 1 saturated heterocycles. The molecule has 2 aromatic rings. The zero-order valence-corrected chi connectivity index (χ0v) is 14.0. The predicted octanol–water partition coefficient (Wildman–Crippen LogP) is 3.76. The molecule has 3 nitrogen and oxygen atoms in total. The minimum Gasteiger partial charge on any atom is -0.312 e. The van der Waals surface area contributed by atoms with Crippen LogP contribution in [0, 0.1) is 11.6 Å². The normalized spacial score (nSPS) is 20.2. The Hall–Kier alpha value is -2.06.